The number of benzene rings is 1. The number of rotatable bonds is 3. The molecule has 0 aliphatic carbocycles. The van der Waals surface area contributed by atoms with Gasteiger partial charge in [0.1, 0.15) is 0 Å². The molecule has 1 aromatic carbocycles. The third-order valence-corrected chi connectivity index (χ3v) is 1.96. The molecular formula is C14H21N. The lowest BCUT2D eigenvalue weighted by Gasteiger charge is -2.03. The minimum absolute atomic E-state index is 0.993. The highest BCUT2D eigenvalue weighted by molar-refractivity contribution is 5.68. The van der Waals surface area contributed by atoms with Crippen LogP contribution in [0.2, 0.25) is 0 Å². The van der Waals surface area contributed by atoms with Gasteiger partial charge in [0, 0.05) is 5.56 Å². The number of hydrogen-bond donors (Lipinski definition) is 0. The molecule has 1 aromatic rings. The standard InChI is InChI=1S/C12H15N.C2H6/c1-4-5-8-11-9-6-7-10(2)12(11)13-3;1-2/h5-9H,3-4H2,1-2H3;1-2H3/b8-5-;. The molecule has 0 amide bonds. The van der Waals surface area contributed by atoms with Crippen LogP contribution in [0.4, 0.5) is 5.69 Å². The second kappa shape index (κ2) is 7.98. The van der Waals surface area contributed by atoms with Crippen molar-refractivity contribution in [1.82, 2.24) is 0 Å². The molecule has 0 bridgehead atoms. The lowest BCUT2D eigenvalue weighted by atomic mass is 10.1. The molecule has 0 aliphatic heterocycles. The number of hydrogen-bond acceptors (Lipinski definition) is 1. The van der Waals surface area contributed by atoms with E-state index in [9.17, 15) is 0 Å². The van der Waals surface area contributed by atoms with E-state index in [2.05, 4.69) is 36.9 Å². The monoisotopic (exact) mass is 203 g/mol. The van der Waals surface area contributed by atoms with E-state index in [4.69, 9.17) is 0 Å². The Balaban J connectivity index is 0.000000921. The fourth-order valence-electron chi connectivity index (χ4n) is 1.28. The van der Waals surface area contributed by atoms with Gasteiger partial charge in [-0.1, -0.05) is 51.1 Å². The Morgan fingerprint density at radius 1 is 1.33 bits per heavy atom. The van der Waals surface area contributed by atoms with Crippen LogP contribution in [0.25, 0.3) is 6.08 Å². The lowest BCUT2D eigenvalue weighted by Crippen LogP contribution is -1.78. The van der Waals surface area contributed by atoms with Gasteiger partial charge < -0.3 is 0 Å². The first kappa shape index (κ1) is 13.6. The van der Waals surface area contributed by atoms with Crippen LogP contribution in [0.15, 0.2) is 29.3 Å². The van der Waals surface area contributed by atoms with Gasteiger partial charge in [0.05, 0.1) is 5.69 Å². The van der Waals surface area contributed by atoms with Gasteiger partial charge in [0.15, 0.2) is 0 Å². The number of aliphatic imine (C=N–C) groups is 1. The molecule has 0 spiro atoms. The van der Waals surface area contributed by atoms with Crippen molar-refractivity contribution in [2.75, 3.05) is 0 Å². The average molecular weight is 203 g/mol. The Bertz CT molecular complexity index is 324. The zero-order valence-corrected chi connectivity index (χ0v) is 10.2. The number of nitrogens with zero attached hydrogens (tertiary/aromatic N) is 1. The number of allylic oxidation sites excluding steroid dienone is 1. The third kappa shape index (κ3) is 4.11. The first-order valence-electron chi connectivity index (χ1n) is 5.52. The Kier molecular flexibility index (Phi) is 7.25. The molecule has 0 heterocycles. The van der Waals surface area contributed by atoms with Crippen molar-refractivity contribution in [2.45, 2.75) is 34.1 Å². The maximum atomic E-state index is 4.02. The smallest absolute Gasteiger partial charge is 0.0723 e. The highest BCUT2D eigenvalue weighted by Gasteiger charge is 1.98. The molecular weight excluding hydrogens is 182 g/mol. The predicted octanol–water partition coefficient (Wildman–Crippen LogP) is 4.78. The van der Waals surface area contributed by atoms with Crippen molar-refractivity contribution in [3.8, 4) is 0 Å². The van der Waals surface area contributed by atoms with E-state index in [1.165, 1.54) is 5.56 Å². The highest BCUT2D eigenvalue weighted by atomic mass is 14.7. The van der Waals surface area contributed by atoms with Gasteiger partial charge in [-0.05, 0) is 25.6 Å². The van der Waals surface area contributed by atoms with E-state index in [0.717, 1.165) is 17.7 Å². The topological polar surface area (TPSA) is 12.4 Å². The predicted molar refractivity (Wildman–Crippen MR) is 71.1 cm³/mol. The van der Waals surface area contributed by atoms with Crippen LogP contribution in [0.3, 0.4) is 0 Å². The summed E-state index contributed by atoms with van der Waals surface area (Å²) in [7, 11) is 0. The largest absolute Gasteiger partial charge is 0.264 e. The van der Waals surface area contributed by atoms with Crippen LogP contribution < -0.4 is 0 Å². The quantitative estimate of drug-likeness (QED) is 0.627. The van der Waals surface area contributed by atoms with E-state index in [1.54, 1.807) is 0 Å². The molecule has 15 heavy (non-hydrogen) atoms. The van der Waals surface area contributed by atoms with Crippen molar-refractivity contribution in [2.24, 2.45) is 4.99 Å². The van der Waals surface area contributed by atoms with E-state index < -0.39 is 0 Å². The molecule has 1 nitrogen and oxygen atoms in total. The van der Waals surface area contributed by atoms with Crippen LogP contribution in [0.5, 0.6) is 0 Å². The third-order valence-electron chi connectivity index (χ3n) is 1.96. The Labute approximate surface area is 93.6 Å². The maximum absolute atomic E-state index is 4.02. The van der Waals surface area contributed by atoms with Gasteiger partial charge in [-0.2, -0.15) is 0 Å². The second-order valence-electron chi connectivity index (χ2n) is 2.98. The van der Waals surface area contributed by atoms with Crippen LogP contribution in [0.1, 0.15) is 38.3 Å². The lowest BCUT2D eigenvalue weighted by molar-refractivity contribution is 1.23. The summed E-state index contributed by atoms with van der Waals surface area (Å²) >= 11 is 0. The summed E-state index contributed by atoms with van der Waals surface area (Å²) in [6.07, 6.45) is 5.27. The molecule has 82 valence electrons. The van der Waals surface area contributed by atoms with Gasteiger partial charge in [0.2, 0.25) is 0 Å². The first-order valence-corrected chi connectivity index (χ1v) is 5.52. The molecule has 0 radical (unpaired) electrons. The SMILES string of the molecule is C=Nc1c(C)cccc1/C=C\CC.CC. The molecule has 0 atom stereocenters. The summed E-state index contributed by atoms with van der Waals surface area (Å²) in [6.45, 7) is 11.7. The summed E-state index contributed by atoms with van der Waals surface area (Å²) in [5.74, 6) is 0. The van der Waals surface area contributed by atoms with Gasteiger partial charge in [-0.25, -0.2) is 0 Å². The molecule has 0 unspecified atom stereocenters. The van der Waals surface area contributed by atoms with Crippen molar-refractivity contribution < 1.29 is 0 Å². The maximum Gasteiger partial charge on any atom is 0.0723 e. The molecule has 0 saturated heterocycles. The summed E-state index contributed by atoms with van der Waals surface area (Å²) in [4.78, 5) is 4.02. The fraction of sp³-hybridized carbons (Fsp3) is 0.357. The zero-order valence-electron chi connectivity index (χ0n) is 10.2. The van der Waals surface area contributed by atoms with Crippen molar-refractivity contribution in [3.05, 3.63) is 35.4 Å². The fourth-order valence-corrected chi connectivity index (χ4v) is 1.28. The molecule has 0 fully saturated rings. The van der Waals surface area contributed by atoms with Crippen LogP contribution in [-0.2, 0) is 0 Å². The second-order valence-corrected chi connectivity index (χ2v) is 2.98. The van der Waals surface area contributed by atoms with Crippen molar-refractivity contribution in [1.29, 1.82) is 0 Å². The van der Waals surface area contributed by atoms with Gasteiger partial charge >= 0.3 is 0 Å². The molecule has 0 N–H and O–H groups in total. The zero-order chi connectivity index (χ0) is 11.7. The minimum Gasteiger partial charge on any atom is -0.264 e. The van der Waals surface area contributed by atoms with Crippen molar-refractivity contribution >= 4 is 18.5 Å². The minimum atomic E-state index is 0.993. The summed E-state index contributed by atoms with van der Waals surface area (Å²) in [5, 5.41) is 0. The molecule has 0 saturated carbocycles. The molecule has 1 rings (SSSR count). The van der Waals surface area contributed by atoms with Crippen LogP contribution >= 0.6 is 0 Å². The van der Waals surface area contributed by atoms with Gasteiger partial charge in [-0.3, -0.25) is 4.99 Å². The molecule has 1 heteroatoms. The highest BCUT2D eigenvalue weighted by Crippen LogP contribution is 2.24. The van der Waals surface area contributed by atoms with E-state index in [-0.39, 0.29) is 0 Å². The molecule has 0 aliphatic rings. The van der Waals surface area contributed by atoms with E-state index >= 15 is 0 Å². The van der Waals surface area contributed by atoms with E-state index in [1.807, 2.05) is 32.9 Å². The van der Waals surface area contributed by atoms with Crippen LogP contribution in [-0.4, -0.2) is 6.72 Å². The Morgan fingerprint density at radius 3 is 2.53 bits per heavy atom. The number of para-hydroxylation sites is 1. The Hall–Kier alpha value is -1.37. The van der Waals surface area contributed by atoms with E-state index in [0.29, 0.717) is 0 Å². The first-order chi connectivity index (χ1) is 7.29. The summed E-state index contributed by atoms with van der Waals surface area (Å²) < 4.78 is 0. The Morgan fingerprint density at radius 2 is 2.00 bits per heavy atom. The normalized spacial score (nSPS) is 9.60. The average Bonchev–Trinajstić information content (AvgIpc) is 2.29. The van der Waals surface area contributed by atoms with Crippen molar-refractivity contribution in [3.63, 3.8) is 0 Å². The molecule has 0 aromatic heterocycles. The van der Waals surface area contributed by atoms with Gasteiger partial charge in [0.25, 0.3) is 0 Å². The summed E-state index contributed by atoms with van der Waals surface area (Å²) in [5.41, 5.74) is 3.32. The van der Waals surface area contributed by atoms with Crippen LogP contribution in [0, 0.1) is 6.92 Å². The van der Waals surface area contributed by atoms with Gasteiger partial charge in [-0.15, -0.1) is 0 Å². The number of aryl methyl sites for hydroxylation is 1. The summed E-state index contributed by atoms with van der Waals surface area (Å²) in [6, 6.07) is 6.15.